The molecule has 1 aromatic carbocycles. The van der Waals surface area contributed by atoms with Crippen molar-refractivity contribution in [3.63, 3.8) is 0 Å². The number of aliphatic hydroxyl groups is 1. The fourth-order valence-electron chi connectivity index (χ4n) is 2.47. The zero-order valence-electron chi connectivity index (χ0n) is 11.9. The molecule has 2 rings (SSSR count). The van der Waals surface area contributed by atoms with Crippen molar-refractivity contribution in [3.05, 3.63) is 29.3 Å². The number of benzene rings is 1. The number of hydrogen-bond donors (Lipinski definition) is 1. The largest absolute Gasteiger partial charge is 0.392 e. The lowest BCUT2D eigenvalue weighted by Gasteiger charge is -2.30. The first-order valence-electron chi connectivity index (χ1n) is 6.72. The van der Waals surface area contributed by atoms with Gasteiger partial charge in [-0.2, -0.15) is 4.31 Å². The van der Waals surface area contributed by atoms with Crippen LogP contribution in [0.15, 0.2) is 23.1 Å². The van der Waals surface area contributed by atoms with E-state index >= 15 is 0 Å². The summed E-state index contributed by atoms with van der Waals surface area (Å²) in [5, 5.41) is 9.17. The van der Waals surface area contributed by atoms with Crippen LogP contribution in [0.1, 0.15) is 24.0 Å². The van der Waals surface area contributed by atoms with Gasteiger partial charge in [0.25, 0.3) is 0 Å². The van der Waals surface area contributed by atoms with Crippen LogP contribution in [-0.4, -0.2) is 44.1 Å². The van der Waals surface area contributed by atoms with Crippen molar-refractivity contribution < 1.29 is 18.3 Å². The summed E-state index contributed by atoms with van der Waals surface area (Å²) in [6, 6.07) is 5.04. The number of aryl methyl sites for hydroxylation is 1. The first-order valence-corrected chi connectivity index (χ1v) is 8.16. The fourth-order valence-corrected chi connectivity index (χ4v) is 4.21. The smallest absolute Gasteiger partial charge is 0.243 e. The lowest BCUT2D eigenvalue weighted by atomic mass is 10.1. The molecule has 112 valence electrons. The van der Waals surface area contributed by atoms with Crippen molar-refractivity contribution in [1.29, 1.82) is 0 Å². The molecule has 0 saturated carbocycles. The van der Waals surface area contributed by atoms with Gasteiger partial charge in [-0.1, -0.05) is 12.1 Å². The zero-order valence-corrected chi connectivity index (χ0v) is 12.7. The highest BCUT2D eigenvalue weighted by Crippen LogP contribution is 2.25. The molecule has 0 radical (unpaired) electrons. The second-order valence-corrected chi connectivity index (χ2v) is 7.00. The van der Waals surface area contributed by atoms with Crippen molar-refractivity contribution in [2.24, 2.45) is 0 Å². The average molecular weight is 299 g/mol. The van der Waals surface area contributed by atoms with Crippen molar-refractivity contribution in [2.45, 2.75) is 37.4 Å². The Morgan fingerprint density at radius 2 is 2.00 bits per heavy atom. The number of rotatable bonds is 4. The SMILES string of the molecule is COC1CCN(S(=O)(=O)c2cc(CO)ccc2C)CC1. The van der Waals surface area contributed by atoms with Gasteiger partial charge in [0, 0.05) is 20.2 Å². The number of nitrogens with zero attached hydrogens (tertiary/aromatic N) is 1. The molecular formula is C14H21NO4S. The Balaban J connectivity index is 2.27. The van der Waals surface area contributed by atoms with Gasteiger partial charge in [0.15, 0.2) is 0 Å². The average Bonchev–Trinajstić information content (AvgIpc) is 2.47. The maximum Gasteiger partial charge on any atom is 0.243 e. The zero-order chi connectivity index (χ0) is 14.8. The molecule has 1 aliphatic heterocycles. The van der Waals surface area contributed by atoms with Crippen LogP contribution in [0, 0.1) is 6.92 Å². The Morgan fingerprint density at radius 3 is 2.55 bits per heavy atom. The Kier molecular flexibility index (Phi) is 4.80. The van der Waals surface area contributed by atoms with Crippen LogP contribution < -0.4 is 0 Å². The van der Waals surface area contributed by atoms with E-state index in [-0.39, 0.29) is 12.7 Å². The molecule has 1 N–H and O–H groups in total. The summed E-state index contributed by atoms with van der Waals surface area (Å²) in [5.74, 6) is 0. The van der Waals surface area contributed by atoms with Gasteiger partial charge in [-0.25, -0.2) is 8.42 Å². The molecule has 0 aromatic heterocycles. The predicted octanol–water partition coefficient (Wildman–Crippen LogP) is 1.29. The Labute approximate surface area is 120 Å². The molecule has 1 saturated heterocycles. The van der Waals surface area contributed by atoms with Gasteiger partial charge in [-0.3, -0.25) is 0 Å². The minimum Gasteiger partial charge on any atom is -0.392 e. The van der Waals surface area contributed by atoms with E-state index in [1.807, 2.05) is 0 Å². The Morgan fingerprint density at radius 1 is 1.35 bits per heavy atom. The molecule has 1 aromatic rings. The van der Waals surface area contributed by atoms with E-state index in [4.69, 9.17) is 4.74 Å². The van der Waals surface area contributed by atoms with E-state index in [0.717, 1.165) is 0 Å². The van der Waals surface area contributed by atoms with E-state index in [9.17, 15) is 13.5 Å². The number of sulfonamides is 1. The molecule has 0 bridgehead atoms. The van der Waals surface area contributed by atoms with E-state index in [1.54, 1.807) is 32.2 Å². The van der Waals surface area contributed by atoms with E-state index in [2.05, 4.69) is 0 Å². The summed E-state index contributed by atoms with van der Waals surface area (Å²) in [6.45, 7) is 2.57. The summed E-state index contributed by atoms with van der Waals surface area (Å²) < 4.78 is 32.1. The molecule has 0 amide bonds. The van der Waals surface area contributed by atoms with Crippen molar-refractivity contribution >= 4 is 10.0 Å². The van der Waals surface area contributed by atoms with Gasteiger partial charge in [-0.05, 0) is 37.0 Å². The second kappa shape index (κ2) is 6.22. The van der Waals surface area contributed by atoms with Gasteiger partial charge in [0.1, 0.15) is 0 Å². The molecule has 1 heterocycles. The third-order valence-electron chi connectivity index (χ3n) is 3.79. The van der Waals surface area contributed by atoms with Crippen molar-refractivity contribution in [3.8, 4) is 0 Å². The van der Waals surface area contributed by atoms with Gasteiger partial charge in [0.2, 0.25) is 10.0 Å². The highest BCUT2D eigenvalue weighted by atomic mass is 32.2. The molecule has 20 heavy (non-hydrogen) atoms. The number of piperidine rings is 1. The third kappa shape index (κ3) is 3.03. The van der Waals surface area contributed by atoms with Gasteiger partial charge < -0.3 is 9.84 Å². The van der Waals surface area contributed by atoms with Crippen LogP contribution in [0.25, 0.3) is 0 Å². The molecule has 0 unspecified atom stereocenters. The van der Waals surface area contributed by atoms with Crippen LogP contribution in [0.4, 0.5) is 0 Å². The maximum atomic E-state index is 12.7. The van der Waals surface area contributed by atoms with Crippen molar-refractivity contribution in [2.75, 3.05) is 20.2 Å². The standard InChI is InChI=1S/C14H21NO4S/c1-11-3-4-12(10-16)9-14(11)20(17,18)15-7-5-13(19-2)6-8-15/h3-4,9,13,16H,5-8,10H2,1-2H3. The van der Waals surface area contributed by atoms with Gasteiger partial charge in [-0.15, -0.1) is 0 Å². The Bertz CT molecular complexity index is 563. The van der Waals surface area contributed by atoms with E-state index < -0.39 is 10.0 Å². The van der Waals surface area contributed by atoms with Crippen LogP contribution in [0.2, 0.25) is 0 Å². The number of aliphatic hydroxyl groups excluding tert-OH is 1. The summed E-state index contributed by atoms with van der Waals surface area (Å²) in [5.41, 5.74) is 1.32. The third-order valence-corrected chi connectivity index (χ3v) is 5.83. The van der Waals surface area contributed by atoms with E-state index in [0.29, 0.717) is 42.0 Å². The van der Waals surface area contributed by atoms with Crippen LogP contribution in [0.5, 0.6) is 0 Å². The molecule has 0 atom stereocenters. The van der Waals surface area contributed by atoms with Crippen LogP contribution >= 0.6 is 0 Å². The number of ether oxygens (including phenoxy) is 1. The quantitative estimate of drug-likeness (QED) is 0.909. The lowest BCUT2D eigenvalue weighted by Crippen LogP contribution is -2.40. The first-order chi connectivity index (χ1) is 9.48. The van der Waals surface area contributed by atoms with Crippen LogP contribution in [-0.2, 0) is 21.4 Å². The normalized spacial score (nSPS) is 18.4. The summed E-state index contributed by atoms with van der Waals surface area (Å²) in [7, 11) is -1.83. The molecule has 0 spiro atoms. The predicted molar refractivity (Wildman–Crippen MR) is 75.9 cm³/mol. The maximum absolute atomic E-state index is 12.7. The molecular weight excluding hydrogens is 278 g/mol. The molecule has 1 fully saturated rings. The number of methoxy groups -OCH3 is 1. The second-order valence-electron chi connectivity index (χ2n) is 5.10. The number of hydrogen-bond acceptors (Lipinski definition) is 4. The van der Waals surface area contributed by atoms with Crippen molar-refractivity contribution in [1.82, 2.24) is 4.31 Å². The fraction of sp³-hybridized carbons (Fsp3) is 0.571. The highest BCUT2D eigenvalue weighted by Gasteiger charge is 2.30. The minimum atomic E-state index is -3.49. The molecule has 6 heteroatoms. The minimum absolute atomic E-state index is 0.145. The summed E-state index contributed by atoms with van der Waals surface area (Å²) in [4.78, 5) is 0.292. The summed E-state index contributed by atoms with van der Waals surface area (Å²) >= 11 is 0. The van der Waals surface area contributed by atoms with Gasteiger partial charge in [0.05, 0.1) is 17.6 Å². The molecule has 5 nitrogen and oxygen atoms in total. The van der Waals surface area contributed by atoms with Gasteiger partial charge >= 0.3 is 0 Å². The first kappa shape index (κ1) is 15.4. The molecule has 0 aliphatic carbocycles. The molecule has 1 aliphatic rings. The monoisotopic (exact) mass is 299 g/mol. The van der Waals surface area contributed by atoms with Crippen LogP contribution in [0.3, 0.4) is 0 Å². The summed E-state index contributed by atoms with van der Waals surface area (Å²) in [6.07, 6.45) is 1.58. The lowest BCUT2D eigenvalue weighted by molar-refractivity contribution is 0.0604. The Hall–Kier alpha value is -0.950. The topological polar surface area (TPSA) is 66.8 Å². The highest BCUT2D eigenvalue weighted by molar-refractivity contribution is 7.89. The van der Waals surface area contributed by atoms with E-state index in [1.165, 1.54) is 4.31 Å².